The molecule has 0 aromatic rings. The normalized spacial score (nSPS) is 14.5. The highest BCUT2D eigenvalue weighted by Gasteiger charge is 2.31. The van der Waals surface area contributed by atoms with Crippen LogP contribution >= 0.6 is 11.8 Å². The van der Waals surface area contributed by atoms with E-state index < -0.39 is 11.5 Å². The van der Waals surface area contributed by atoms with Gasteiger partial charge in [-0.2, -0.15) is 11.8 Å². The van der Waals surface area contributed by atoms with Crippen molar-refractivity contribution in [1.82, 2.24) is 5.32 Å². The average Bonchev–Trinajstić information content (AvgIpc) is 2.31. The molecule has 0 spiro atoms. The summed E-state index contributed by atoms with van der Waals surface area (Å²) in [6, 6.07) is 0. The van der Waals surface area contributed by atoms with Crippen molar-refractivity contribution in [3.8, 4) is 0 Å². The Hall–Kier alpha value is -0.260. The molecule has 0 saturated carbocycles. The summed E-state index contributed by atoms with van der Waals surface area (Å²) in [4.78, 5) is 11.2. The van der Waals surface area contributed by atoms with Crippen molar-refractivity contribution >= 4 is 17.7 Å². The second kappa shape index (κ2) is 9.74. The van der Waals surface area contributed by atoms with Crippen LogP contribution in [0.25, 0.3) is 0 Å². The van der Waals surface area contributed by atoms with Gasteiger partial charge in [-0.25, -0.2) is 0 Å². The van der Waals surface area contributed by atoms with Crippen LogP contribution in [0.15, 0.2) is 0 Å². The highest BCUT2D eigenvalue weighted by Crippen LogP contribution is 2.15. The molecular weight excluding hydrogens is 238 g/mol. The summed E-state index contributed by atoms with van der Waals surface area (Å²) in [7, 11) is 1.70. The minimum Gasteiger partial charge on any atom is -0.480 e. The van der Waals surface area contributed by atoms with Gasteiger partial charge in [-0.1, -0.05) is 6.92 Å². The van der Waals surface area contributed by atoms with E-state index in [2.05, 4.69) is 5.32 Å². The van der Waals surface area contributed by atoms with Gasteiger partial charge in [0, 0.05) is 13.7 Å². The van der Waals surface area contributed by atoms with Crippen LogP contribution in [0.3, 0.4) is 0 Å². The number of thioether (sulfide) groups is 1. The highest BCUT2D eigenvalue weighted by molar-refractivity contribution is 7.99. The molecule has 0 aromatic heterocycles. The predicted molar refractivity (Wildman–Crippen MR) is 72.8 cm³/mol. The molecule has 0 aromatic carbocycles. The Kier molecular flexibility index (Phi) is 9.59. The lowest BCUT2D eigenvalue weighted by Crippen LogP contribution is -2.50. The molecule has 0 rings (SSSR count). The van der Waals surface area contributed by atoms with Crippen LogP contribution in [0.4, 0.5) is 0 Å². The zero-order chi connectivity index (χ0) is 13.1. The first-order valence-electron chi connectivity index (χ1n) is 6.12. The Morgan fingerprint density at radius 1 is 1.47 bits per heavy atom. The van der Waals surface area contributed by atoms with Gasteiger partial charge >= 0.3 is 5.97 Å². The molecule has 0 saturated heterocycles. The van der Waals surface area contributed by atoms with Gasteiger partial charge in [-0.05, 0) is 44.2 Å². The summed E-state index contributed by atoms with van der Waals surface area (Å²) in [6.45, 7) is 5.32. The Balaban J connectivity index is 3.81. The van der Waals surface area contributed by atoms with Crippen molar-refractivity contribution in [2.75, 3.05) is 31.8 Å². The van der Waals surface area contributed by atoms with E-state index in [9.17, 15) is 9.90 Å². The third-order valence-corrected chi connectivity index (χ3v) is 3.69. The van der Waals surface area contributed by atoms with Crippen molar-refractivity contribution in [2.45, 2.75) is 38.6 Å². The number of hydrogen-bond donors (Lipinski definition) is 2. The van der Waals surface area contributed by atoms with Crippen LogP contribution in [-0.4, -0.2) is 48.4 Å². The summed E-state index contributed by atoms with van der Waals surface area (Å²) in [5.41, 5.74) is -0.787. The number of hydrogen-bond acceptors (Lipinski definition) is 4. The van der Waals surface area contributed by atoms with Crippen LogP contribution in [0.2, 0.25) is 0 Å². The van der Waals surface area contributed by atoms with Crippen molar-refractivity contribution in [2.24, 2.45) is 0 Å². The van der Waals surface area contributed by atoms with Crippen LogP contribution < -0.4 is 5.32 Å². The summed E-state index contributed by atoms with van der Waals surface area (Å²) in [6.07, 6.45) is 2.62. The minimum atomic E-state index is -0.787. The molecule has 0 fully saturated rings. The molecule has 2 N–H and O–H groups in total. The van der Waals surface area contributed by atoms with E-state index in [1.165, 1.54) is 0 Å². The summed E-state index contributed by atoms with van der Waals surface area (Å²) in [5.74, 6) is 1.13. The largest absolute Gasteiger partial charge is 0.480 e. The van der Waals surface area contributed by atoms with Gasteiger partial charge in [0.15, 0.2) is 0 Å². The third-order valence-electron chi connectivity index (χ3n) is 2.62. The molecule has 0 heterocycles. The van der Waals surface area contributed by atoms with Crippen LogP contribution in [0.1, 0.15) is 33.1 Å². The summed E-state index contributed by atoms with van der Waals surface area (Å²) >= 11 is 1.79. The van der Waals surface area contributed by atoms with Crippen molar-refractivity contribution in [3.05, 3.63) is 0 Å². The summed E-state index contributed by atoms with van der Waals surface area (Å²) < 4.78 is 4.96. The van der Waals surface area contributed by atoms with Crippen molar-refractivity contribution in [3.63, 3.8) is 0 Å². The maximum absolute atomic E-state index is 11.2. The predicted octanol–water partition coefficient (Wildman–Crippen LogP) is 1.99. The van der Waals surface area contributed by atoms with Crippen LogP contribution in [-0.2, 0) is 9.53 Å². The topological polar surface area (TPSA) is 58.6 Å². The molecule has 4 nitrogen and oxygen atoms in total. The van der Waals surface area contributed by atoms with E-state index in [0.717, 1.165) is 37.5 Å². The Morgan fingerprint density at radius 2 is 2.18 bits per heavy atom. The minimum absolute atomic E-state index is 0.653. The second-order valence-electron chi connectivity index (χ2n) is 4.27. The molecule has 0 amide bonds. The second-order valence-corrected chi connectivity index (χ2v) is 5.50. The first-order chi connectivity index (χ1) is 8.06. The first kappa shape index (κ1) is 16.7. The lowest BCUT2D eigenvalue weighted by molar-refractivity contribution is -0.144. The van der Waals surface area contributed by atoms with Gasteiger partial charge in [-0.15, -0.1) is 0 Å². The lowest BCUT2D eigenvalue weighted by Gasteiger charge is -2.26. The fourth-order valence-corrected chi connectivity index (χ4v) is 2.43. The molecule has 0 bridgehead atoms. The molecule has 0 aliphatic carbocycles. The highest BCUT2D eigenvalue weighted by atomic mass is 32.2. The molecule has 0 aliphatic heterocycles. The lowest BCUT2D eigenvalue weighted by atomic mass is 9.99. The average molecular weight is 263 g/mol. The molecule has 0 radical (unpaired) electrons. The number of methoxy groups -OCH3 is 1. The van der Waals surface area contributed by atoms with E-state index in [-0.39, 0.29) is 0 Å². The van der Waals surface area contributed by atoms with E-state index >= 15 is 0 Å². The molecule has 102 valence electrons. The number of carbonyl (C=O) groups is 1. The number of ether oxygens (including phenoxy) is 1. The third kappa shape index (κ3) is 7.63. The maximum atomic E-state index is 11.2. The van der Waals surface area contributed by atoms with Crippen LogP contribution in [0.5, 0.6) is 0 Å². The Morgan fingerprint density at radius 3 is 2.71 bits per heavy atom. The van der Waals surface area contributed by atoms with Gasteiger partial charge in [-0.3, -0.25) is 4.79 Å². The summed E-state index contributed by atoms with van der Waals surface area (Å²) in [5, 5.41) is 12.3. The van der Waals surface area contributed by atoms with E-state index in [4.69, 9.17) is 4.74 Å². The maximum Gasteiger partial charge on any atom is 0.323 e. The van der Waals surface area contributed by atoms with Crippen LogP contribution in [0, 0.1) is 0 Å². The van der Waals surface area contributed by atoms with Gasteiger partial charge in [0.2, 0.25) is 0 Å². The molecular formula is C12H25NO3S. The van der Waals surface area contributed by atoms with Gasteiger partial charge in [0.05, 0.1) is 0 Å². The van der Waals surface area contributed by atoms with Gasteiger partial charge < -0.3 is 15.2 Å². The van der Waals surface area contributed by atoms with Gasteiger partial charge in [0.25, 0.3) is 0 Å². The van der Waals surface area contributed by atoms with Gasteiger partial charge in [0.1, 0.15) is 5.54 Å². The number of nitrogens with one attached hydrogen (secondary N) is 1. The molecule has 17 heavy (non-hydrogen) atoms. The van der Waals surface area contributed by atoms with E-state index in [1.807, 2.05) is 6.92 Å². The number of carboxylic acid groups (broad SMARTS) is 1. The first-order valence-corrected chi connectivity index (χ1v) is 7.27. The Bertz CT molecular complexity index is 214. The monoisotopic (exact) mass is 263 g/mol. The quantitative estimate of drug-likeness (QED) is 0.558. The molecule has 1 unspecified atom stereocenters. The number of rotatable bonds is 11. The fourth-order valence-electron chi connectivity index (χ4n) is 1.36. The SMILES string of the molecule is CCCNC(C)(CCSCCCOC)C(=O)O. The number of carboxylic acids is 1. The zero-order valence-electron chi connectivity index (χ0n) is 11.1. The smallest absolute Gasteiger partial charge is 0.323 e. The van der Waals surface area contributed by atoms with Crippen molar-refractivity contribution < 1.29 is 14.6 Å². The van der Waals surface area contributed by atoms with E-state index in [1.54, 1.807) is 25.8 Å². The van der Waals surface area contributed by atoms with E-state index in [0.29, 0.717) is 6.42 Å². The fraction of sp³-hybridized carbons (Fsp3) is 0.917. The standard InChI is InChI=1S/C12H25NO3S/c1-4-7-13-12(2,11(14)15)6-10-17-9-5-8-16-3/h13H,4-10H2,1-3H3,(H,14,15). The zero-order valence-corrected chi connectivity index (χ0v) is 11.9. The Labute approximate surface area is 108 Å². The molecule has 0 aliphatic rings. The van der Waals surface area contributed by atoms with Crippen molar-refractivity contribution in [1.29, 1.82) is 0 Å². The molecule has 1 atom stereocenters. The number of aliphatic carboxylic acids is 1. The molecule has 5 heteroatoms.